The summed E-state index contributed by atoms with van der Waals surface area (Å²) in [6, 6.07) is 29.7. The van der Waals surface area contributed by atoms with Gasteiger partial charge in [0.1, 0.15) is 0 Å². The first-order valence-corrected chi connectivity index (χ1v) is 18.2. The molecule has 0 N–H and O–H groups in total. The molecule has 0 fully saturated rings. The third-order valence-electron chi connectivity index (χ3n) is 10.8. The van der Waals surface area contributed by atoms with Gasteiger partial charge in [0.05, 0.1) is 11.0 Å². The second-order valence-electron chi connectivity index (χ2n) is 14.1. The van der Waals surface area contributed by atoms with Gasteiger partial charge in [-0.3, -0.25) is 9.97 Å². The van der Waals surface area contributed by atoms with E-state index in [4.69, 9.17) is 0 Å². The molecule has 7 nitrogen and oxygen atoms in total. The van der Waals surface area contributed by atoms with Crippen LogP contribution in [0, 0.1) is 61.5 Å². The maximum Gasteiger partial charge on any atom is 3.00 e. The molecule has 0 aliphatic carbocycles. The van der Waals surface area contributed by atoms with E-state index >= 15 is 0 Å². The van der Waals surface area contributed by atoms with Crippen molar-refractivity contribution in [1.29, 1.82) is 0 Å². The molecule has 8 heteroatoms. The molecule has 10 aromatic rings. The minimum Gasteiger partial charge on any atom is -0.436 e. The maximum absolute atomic E-state index is 4.61. The van der Waals surface area contributed by atoms with Crippen LogP contribution in [-0.2, 0) is 19.5 Å². The zero-order valence-corrected chi connectivity index (χ0v) is 34.0. The molecule has 0 unspecified atom stereocenters. The van der Waals surface area contributed by atoms with Crippen molar-refractivity contribution in [3.05, 3.63) is 148 Å². The van der Waals surface area contributed by atoms with Gasteiger partial charge in [0.15, 0.2) is 0 Å². The van der Waals surface area contributed by atoms with Gasteiger partial charge in [0.2, 0.25) is 0 Å². The molecule has 0 bridgehead atoms. The van der Waals surface area contributed by atoms with Crippen molar-refractivity contribution in [2.75, 3.05) is 0 Å². The number of nitrogens with zero attached hydrogens (tertiary/aromatic N) is 7. The van der Waals surface area contributed by atoms with Crippen LogP contribution in [0.15, 0.2) is 97.5 Å². The van der Waals surface area contributed by atoms with Crippen LogP contribution < -0.4 is 9.97 Å². The summed E-state index contributed by atoms with van der Waals surface area (Å²) in [6.45, 7) is 17.0. The molecule has 271 valence electrons. The second-order valence-corrected chi connectivity index (χ2v) is 14.1. The van der Waals surface area contributed by atoms with Crippen LogP contribution in [0.4, 0.5) is 0 Å². The number of aromatic nitrogens is 7. The van der Waals surface area contributed by atoms with Crippen molar-refractivity contribution in [2.24, 2.45) is 0 Å². The molecule has 55 heavy (non-hydrogen) atoms. The van der Waals surface area contributed by atoms with Gasteiger partial charge in [0, 0.05) is 29.4 Å². The van der Waals surface area contributed by atoms with Crippen LogP contribution in [0.1, 0.15) is 44.5 Å². The summed E-state index contributed by atoms with van der Waals surface area (Å²) < 4.78 is 0. The van der Waals surface area contributed by atoms with Gasteiger partial charge in [0.25, 0.3) is 0 Å². The van der Waals surface area contributed by atoms with Gasteiger partial charge < -0.3 is 24.9 Å². The molecule has 0 aliphatic rings. The minimum absolute atomic E-state index is 0. The predicted molar refractivity (Wildman–Crippen MR) is 222 cm³/mol. The van der Waals surface area contributed by atoms with Crippen molar-refractivity contribution < 1.29 is 19.5 Å². The minimum atomic E-state index is 0. The van der Waals surface area contributed by atoms with Crippen LogP contribution in [-0.4, -0.2) is 24.9 Å². The van der Waals surface area contributed by atoms with E-state index in [1.54, 1.807) is 0 Å². The molecular formula is C47H40N7Ru. The molecule has 0 aliphatic heterocycles. The Balaban J connectivity index is 0.000000126. The third-order valence-corrected chi connectivity index (χ3v) is 10.8. The normalized spacial score (nSPS) is 11.1. The predicted octanol–water partition coefficient (Wildman–Crippen LogP) is 10.8. The Morgan fingerprint density at radius 2 is 0.818 bits per heavy atom. The van der Waals surface area contributed by atoms with E-state index in [9.17, 15) is 0 Å². The molecule has 0 saturated heterocycles. The molecule has 10 rings (SSSR count). The average molecular weight is 804 g/mol. The Bertz CT molecular complexity index is 2640. The number of hydrogen-bond donors (Lipinski definition) is 0. The van der Waals surface area contributed by atoms with Crippen LogP contribution in [0.5, 0.6) is 0 Å². The number of aryl methyl sites for hydroxylation is 8. The maximum atomic E-state index is 4.61. The summed E-state index contributed by atoms with van der Waals surface area (Å²) in [4.78, 5) is 31.5. The Kier molecular flexibility index (Phi) is 10.3. The first-order valence-electron chi connectivity index (χ1n) is 18.2. The average Bonchev–Trinajstić information content (AvgIpc) is 3.83. The summed E-state index contributed by atoms with van der Waals surface area (Å²) in [5, 5.41) is 6.05. The fourth-order valence-corrected chi connectivity index (χ4v) is 6.86. The molecule has 1 radical (unpaired) electrons. The number of benzene rings is 5. The van der Waals surface area contributed by atoms with Gasteiger partial charge >= 0.3 is 19.5 Å². The van der Waals surface area contributed by atoms with Gasteiger partial charge in [-0.1, -0.05) is 98.3 Å². The van der Waals surface area contributed by atoms with E-state index in [0.29, 0.717) is 11.6 Å². The van der Waals surface area contributed by atoms with E-state index < -0.39 is 0 Å². The van der Waals surface area contributed by atoms with Crippen molar-refractivity contribution in [1.82, 2.24) is 34.9 Å². The largest absolute Gasteiger partial charge is 3.00 e. The topological polar surface area (TPSA) is 92.6 Å². The van der Waals surface area contributed by atoms with Gasteiger partial charge in [-0.25, -0.2) is 0 Å². The Labute approximate surface area is 333 Å². The number of imidazole rings is 2. The Morgan fingerprint density at radius 1 is 0.436 bits per heavy atom. The van der Waals surface area contributed by atoms with E-state index in [0.717, 1.165) is 44.0 Å². The molecule has 0 saturated carbocycles. The Hall–Kier alpha value is -5.85. The summed E-state index contributed by atoms with van der Waals surface area (Å²) in [7, 11) is 0. The third kappa shape index (κ3) is 6.87. The van der Waals surface area contributed by atoms with Gasteiger partial charge in [-0.15, -0.1) is 34.0 Å². The zero-order valence-electron chi connectivity index (χ0n) is 32.2. The summed E-state index contributed by atoms with van der Waals surface area (Å²) in [5.41, 5.74) is 16.8. The van der Waals surface area contributed by atoms with Crippen LogP contribution in [0.25, 0.3) is 77.2 Å². The van der Waals surface area contributed by atoms with Crippen LogP contribution in [0.3, 0.4) is 0 Å². The number of fused-ring (bicyclic) bond motifs is 8. The van der Waals surface area contributed by atoms with Crippen molar-refractivity contribution in [2.45, 2.75) is 55.4 Å². The number of pyridine rings is 3. The molecular weight excluding hydrogens is 764 g/mol. The van der Waals surface area contributed by atoms with Crippen LogP contribution >= 0.6 is 0 Å². The second kappa shape index (κ2) is 15.1. The molecule has 0 amide bonds. The van der Waals surface area contributed by atoms with Gasteiger partial charge in [-0.05, 0) is 108 Å². The first kappa shape index (κ1) is 37.5. The monoisotopic (exact) mass is 804 g/mol. The van der Waals surface area contributed by atoms with Gasteiger partial charge in [-0.2, -0.15) is 0 Å². The number of para-hydroxylation sites is 4. The van der Waals surface area contributed by atoms with E-state index in [1.807, 2.05) is 67.1 Å². The van der Waals surface area contributed by atoms with Crippen molar-refractivity contribution in [3.8, 4) is 11.6 Å². The summed E-state index contributed by atoms with van der Waals surface area (Å²) >= 11 is 0. The summed E-state index contributed by atoms with van der Waals surface area (Å²) in [6.07, 6.45) is 5.84. The standard InChI is InChI=1S/C17H16N.C16H16N2.C14H8N4.Ru/c1-10-5-6-16-14(12(10)3)7-8-15-13(4)11(2)9-18-17(15)16;1-9-7-17-15-13(11(9)3)5-6-14-12(4)10(2)8-18-16(14)15;1-2-6-10-9(5-1)15-13(16-10)14-17-11-7-3-4-8-12(11)18-14;/h5,7-9H,1-4H3;5-8H,1-4H3;1-8H;/q-1;;-2;+3. The quantitative estimate of drug-likeness (QED) is 0.0927. The fourth-order valence-electron chi connectivity index (χ4n) is 6.86. The van der Waals surface area contributed by atoms with E-state index in [1.165, 1.54) is 66.1 Å². The van der Waals surface area contributed by atoms with Crippen molar-refractivity contribution in [3.63, 3.8) is 0 Å². The number of rotatable bonds is 1. The molecule has 5 aromatic carbocycles. The molecule has 0 atom stereocenters. The zero-order chi connectivity index (χ0) is 37.7. The first-order chi connectivity index (χ1) is 26.1. The smallest absolute Gasteiger partial charge is 0.436 e. The number of hydrogen-bond acceptors (Lipinski definition) is 5. The Morgan fingerprint density at radius 3 is 1.27 bits per heavy atom. The summed E-state index contributed by atoms with van der Waals surface area (Å²) in [5.74, 6) is 1.18. The van der Waals surface area contributed by atoms with Crippen molar-refractivity contribution >= 4 is 65.5 Å². The molecule has 5 heterocycles. The molecule has 0 spiro atoms. The van der Waals surface area contributed by atoms with E-state index in [-0.39, 0.29) is 19.5 Å². The van der Waals surface area contributed by atoms with E-state index in [2.05, 4.69) is 127 Å². The fraction of sp³-hybridized carbons (Fsp3) is 0.170. The SMILES string of the molecule is Cc1c[c-]c2c(ccc3c(C)c(C)cnc32)c1C.Cc1cnc2c(ccc3c(C)c(C)cnc32)c1C.[Ru+3].c1ccc2[n-]c(-c3nc4ccccc4[n-]3)nc2c1. The molecule has 5 aromatic heterocycles. The van der Waals surface area contributed by atoms with Crippen LogP contribution in [0.2, 0.25) is 0 Å².